The van der Waals surface area contributed by atoms with E-state index in [0.717, 1.165) is 25.3 Å². The standard InChI is InChI=1S/C19H25NO/c1-4-16(3)21-19-10-8-17(9-11-19)13-20-14-18-7-5-6-15(2)12-18/h5-12,16,20H,4,13-14H2,1-3H3. The second-order valence-corrected chi connectivity index (χ2v) is 5.57. The summed E-state index contributed by atoms with van der Waals surface area (Å²) in [4.78, 5) is 0. The van der Waals surface area contributed by atoms with Gasteiger partial charge in [0.05, 0.1) is 6.10 Å². The highest BCUT2D eigenvalue weighted by Gasteiger charge is 2.01. The van der Waals surface area contributed by atoms with E-state index in [1.54, 1.807) is 0 Å². The van der Waals surface area contributed by atoms with E-state index in [2.05, 4.69) is 74.6 Å². The van der Waals surface area contributed by atoms with Crippen molar-refractivity contribution in [2.75, 3.05) is 0 Å². The molecule has 2 aromatic carbocycles. The van der Waals surface area contributed by atoms with Crippen LogP contribution in [0, 0.1) is 6.92 Å². The molecule has 0 radical (unpaired) electrons. The third-order valence-electron chi connectivity index (χ3n) is 3.58. The number of rotatable bonds is 7. The van der Waals surface area contributed by atoms with Gasteiger partial charge in [-0.05, 0) is 43.5 Å². The van der Waals surface area contributed by atoms with Gasteiger partial charge in [0, 0.05) is 13.1 Å². The van der Waals surface area contributed by atoms with Crippen molar-refractivity contribution in [2.45, 2.75) is 46.4 Å². The van der Waals surface area contributed by atoms with Crippen LogP contribution in [0.3, 0.4) is 0 Å². The number of ether oxygens (including phenoxy) is 1. The molecule has 0 aliphatic rings. The Labute approximate surface area is 128 Å². The Morgan fingerprint density at radius 3 is 2.38 bits per heavy atom. The van der Waals surface area contributed by atoms with Crippen LogP contribution in [-0.4, -0.2) is 6.10 Å². The summed E-state index contributed by atoms with van der Waals surface area (Å²) in [7, 11) is 0. The fourth-order valence-electron chi connectivity index (χ4n) is 2.17. The summed E-state index contributed by atoms with van der Waals surface area (Å²) < 4.78 is 5.79. The van der Waals surface area contributed by atoms with E-state index in [1.807, 2.05) is 0 Å². The minimum absolute atomic E-state index is 0.273. The average Bonchev–Trinajstić information content (AvgIpc) is 2.49. The molecule has 0 aliphatic carbocycles. The first-order valence-electron chi connectivity index (χ1n) is 7.69. The predicted octanol–water partition coefficient (Wildman–Crippen LogP) is 4.46. The quantitative estimate of drug-likeness (QED) is 0.810. The van der Waals surface area contributed by atoms with Crippen molar-refractivity contribution in [2.24, 2.45) is 0 Å². The Hall–Kier alpha value is -1.80. The van der Waals surface area contributed by atoms with Crippen LogP contribution in [0.4, 0.5) is 0 Å². The molecule has 0 spiro atoms. The number of nitrogens with one attached hydrogen (secondary N) is 1. The number of hydrogen-bond acceptors (Lipinski definition) is 2. The van der Waals surface area contributed by atoms with E-state index in [1.165, 1.54) is 16.7 Å². The van der Waals surface area contributed by atoms with Crippen LogP contribution in [0.25, 0.3) is 0 Å². The molecule has 1 N–H and O–H groups in total. The normalized spacial score (nSPS) is 12.1. The summed E-state index contributed by atoms with van der Waals surface area (Å²) >= 11 is 0. The van der Waals surface area contributed by atoms with Gasteiger partial charge in [0.25, 0.3) is 0 Å². The highest BCUT2D eigenvalue weighted by molar-refractivity contribution is 5.27. The SMILES string of the molecule is CCC(C)Oc1ccc(CNCc2cccc(C)c2)cc1. The first kappa shape index (κ1) is 15.6. The largest absolute Gasteiger partial charge is 0.491 e. The van der Waals surface area contributed by atoms with Gasteiger partial charge in [-0.1, -0.05) is 48.9 Å². The van der Waals surface area contributed by atoms with Gasteiger partial charge < -0.3 is 10.1 Å². The van der Waals surface area contributed by atoms with Crippen LogP contribution in [0.5, 0.6) is 5.75 Å². The monoisotopic (exact) mass is 283 g/mol. The van der Waals surface area contributed by atoms with Gasteiger partial charge in [-0.2, -0.15) is 0 Å². The lowest BCUT2D eigenvalue weighted by molar-refractivity contribution is 0.217. The first-order chi connectivity index (χ1) is 10.2. The molecule has 0 amide bonds. The van der Waals surface area contributed by atoms with Gasteiger partial charge in [-0.25, -0.2) is 0 Å². The molecule has 0 saturated carbocycles. The molecule has 112 valence electrons. The maximum atomic E-state index is 5.79. The van der Waals surface area contributed by atoms with E-state index in [4.69, 9.17) is 4.74 Å². The van der Waals surface area contributed by atoms with Crippen molar-refractivity contribution in [1.82, 2.24) is 5.32 Å². The second-order valence-electron chi connectivity index (χ2n) is 5.57. The molecule has 0 heterocycles. The van der Waals surface area contributed by atoms with Crippen molar-refractivity contribution in [3.63, 3.8) is 0 Å². The molecule has 2 aromatic rings. The summed E-state index contributed by atoms with van der Waals surface area (Å²) in [6, 6.07) is 17.0. The molecule has 2 rings (SSSR count). The fourth-order valence-corrected chi connectivity index (χ4v) is 2.17. The zero-order valence-corrected chi connectivity index (χ0v) is 13.2. The summed E-state index contributed by atoms with van der Waals surface area (Å²) in [6.45, 7) is 8.12. The van der Waals surface area contributed by atoms with E-state index < -0.39 is 0 Å². The highest BCUT2D eigenvalue weighted by Crippen LogP contribution is 2.15. The van der Waals surface area contributed by atoms with Crippen LogP contribution in [0.1, 0.15) is 37.0 Å². The van der Waals surface area contributed by atoms with E-state index in [0.29, 0.717) is 0 Å². The van der Waals surface area contributed by atoms with Gasteiger partial charge >= 0.3 is 0 Å². The van der Waals surface area contributed by atoms with Crippen molar-refractivity contribution in [1.29, 1.82) is 0 Å². The van der Waals surface area contributed by atoms with Gasteiger partial charge in [-0.3, -0.25) is 0 Å². The summed E-state index contributed by atoms with van der Waals surface area (Å²) in [5.74, 6) is 0.951. The van der Waals surface area contributed by atoms with Crippen LogP contribution in [0.15, 0.2) is 48.5 Å². The lowest BCUT2D eigenvalue weighted by Crippen LogP contribution is -2.13. The molecule has 0 fully saturated rings. The zero-order valence-electron chi connectivity index (χ0n) is 13.2. The topological polar surface area (TPSA) is 21.3 Å². The summed E-state index contributed by atoms with van der Waals surface area (Å²) in [6.07, 6.45) is 1.30. The molecular weight excluding hydrogens is 258 g/mol. The third kappa shape index (κ3) is 5.24. The highest BCUT2D eigenvalue weighted by atomic mass is 16.5. The average molecular weight is 283 g/mol. The minimum Gasteiger partial charge on any atom is -0.491 e. The van der Waals surface area contributed by atoms with Crippen molar-refractivity contribution >= 4 is 0 Å². The zero-order chi connectivity index (χ0) is 15.1. The fraction of sp³-hybridized carbons (Fsp3) is 0.368. The van der Waals surface area contributed by atoms with Crippen LogP contribution in [0.2, 0.25) is 0 Å². The lowest BCUT2D eigenvalue weighted by atomic mass is 10.1. The van der Waals surface area contributed by atoms with Crippen molar-refractivity contribution in [3.8, 4) is 5.75 Å². The molecule has 2 nitrogen and oxygen atoms in total. The molecule has 1 atom stereocenters. The van der Waals surface area contributed by atoms with Crippen LogP contribution < -0.4 is 10.1 Å². The van der Waals surface area contributed by atoms with Crippen LogP contribution >= 0.6 is 0 Å². The van der Waals surface area contributed by atoms with E-state index in [-0.39, 0.29) is 6.10 Å². The molecular formula is C19H25NO. The minimum atomic E-state index is 0.273. The smallest absolute Gasteiger partial charge is 0.119 e. The van der Waals surface area contributed by atoms with E-state index in [9.17, 15) is 0 Å². The van der Waals surface area contributed by atoms with Crippen LogP contribution in [-0.2, 0) is 13.1 Å². The number of aryl methyl sites for hydroxylation is 1. The number of hydrogen-bond donors (Lipinski definition) is 1. The van der Waals surface area contributed by atoms with Crippen molar-refractivity contribution in [3.05, 3.63) is 65.2 Å². The van der Waals surface area contributed by atoms with Gasteiger partial charge in [0.15, 0.2) is 0 Å². The van der Waals surface area contributed by atoms with E-state index >= 15 is 0 Å². The Balaban J connectivity index is 1.81. The Morgan fingerprint density at radius 1 is 1.00 bits per heavy atom. The number of benzene rings is 2. The Kier molecular flexibility index (Phi) is 5.82. The molecule has 0 saturated heterocycles. The maximum Gasteiger partial charge on any atom is 0.119 e. The van der Waals surface area contributed by atoms with Gasteiger partial charge in [-0.15, -0.1) is 0 Å². The molecule has 1 unspecified atom stereocenters. The Bertz CT molecular complexity index is 548. The maximum absolute atomic E-state index is 5.79. The third-order valence-corrected chi connectivity index (χ3v) is 3.58. The Morgan fingerprint density at radius 2 is 1.71 bits per heavy atom. The molecule has 21 heavy (non-hydrogen) atoms. The van der Waals surface area contributed by atoms with Gasteiger partial charge in [0.1, 0.15) is 5.75 Å². The molecule has 0 aliphatic heterocycles. The van der Waals surface area contributed by atoms with Crippen molar-refractivity contribution < 1.29 is 4.74 Å². The molecule has 0 bridgehead atoms. The predicted molar refractivity (Wildman–Crippen MR) is 88.5 cm³/mol. The summed E-state index contributed by atoms with van der Waals surface area (Å²) in [5, 5.41) is 3.48. The lowest BCUT2D eigenvalue weighted by Gasteiger charge is -2.13. The molecule has 2 heteroatoms. The van der Waals surface area contributed by atoms with Gasteiger partial charge in [0.2, 0.25) is 0 Å². The second kappa shape index (κ2) is 7.84. The summed E-state index contributed by atoms with van der Waals surface area (Å²) in [5.41, 5.74) is 3.91. The molecule has 0 aromatic heterocycles. The first-order valence-corrected chi connectivity index (χ1v) is 7.69.